The number of rotatable bonds is 0. The van der Waals surface area contributed by atoms with Crippen molar-refractivity contribution in [1.82, 2.24) is 19.9 Å². The van der Waals surface area contributed by atoms with Crippen LogP contribution in [0.1, 0.15) is 25.2 Å². The number of fused-ring (bicyclic) bond motifs is 3. The average molecular weight is 198 g/mol. The average Bonchev–Trinajstić information content (AvgIpc) is 2.51. The van der Waals surface area contributed by atoms with Crippen molar-refractivity contribution in [3.05, 3.63) is 36.2 Å². The summed E-state index contributed by atoms with van der Waals surface area (Å²) in [6.45, 7) is 4.20. The Kier molecular flexibility index (Phi) is 1.46. The summed E-state index contributed by atoms with van der Waals surface area (Å²) in [6.07, 6.45) is 6.82. The fourth-order valence-corrected chi connectivity index (χ4v) is 2.05. The van der Waals surface area contributed by atoms with Gasteiger partial charge in [0.2, 0.25) is 0 Å². The Morgan fingerprint density at radius 3 is 1.60 bits per heavy atom. The van der Waals surface area contributed by atoms with E-state index in [9.17, 15) is 0 Å². The van der Waals surface area contributed by atoms with E-state index in [1.54, 1.807) is 24.8 Å². The largest absolute Gasteiger partial charge is 0.256 e. The van der Waals surface area contributed by atoms with E-state index in [1.165, 1.54) is 0 Å². The molecular formula is C11H10N4. The first-order valence-electron chi connectivity index (χ1n) is 4.84. The maximum atomic E-state index is 4.38. The molecular weight excluding hydrogens is 188 g/mol. The van der Waals surface area contributed by atoms with Crippen LogP contribution in [-0.4, -0.2) is 19.9 Å². The van der Waals surface area contributed by atoms with Crippen LogP contribution in [0.25, 0.3) is 11.4 Å². The third-order valence-corrected chi connectivity index (χ3v) is 2.80. The van der Waals surface area contributed by atoms with Gasteiger partial charge in [-0.2, -0.15) is 0 Å². The molecule has 0 saturated heterocycles. The van der Waals surface area contributed by atoms with Crippen molar-refractivity contribution in [3.8, 4) is 11.4 Å². The van der Waals surface area contributed by atoms with Gasteiger partial charge in [-0.3, -0.25) is 19.9 Å². The zero-order chi connectivity index (χ0) is 10.5. The van der Waals surface area contributed by atoms with E-state index in [1.807, 2.05) is 0 Å². The second-order valence-electron chi connectivity index (χ2n) is 4.13. The zero-order valence-electron chi connectivity index (χ0n) is 8.60. The topological polar surface area (TPSA) is 51.6 Å². The standard InChI is InChI=1S/C11H10N4/c1-11(2)9-7(12-3-5-14-9)8-10(11)15-6-4-13-8/h3-6H,1-2H3. The summed E-state index contributed by atoms with van der Waals surface area (Å²) in [6, 6.07) is 0. The Morgan fingerprint density at radius 1 is 0.733 bits per heavy atom. The smallest absolute Gasteiger partial charge is 0.113 e. The van der Waals surface area contributed by atoms with E-state index >= 15 is 0 Å². The highest BCUT2D eigenvalue weighted by Crippen LogP contribution is 2.43. The van der Waals surface area contributed by atoms with Crippen molar-refractivity contribution >= 4 is 0 Å². The number of aromatic nitrogens is 4. The predicted octanol–water partition coefficient (Wildman–Crippen LogP) is 1.57. The third-order valence-electron chi connectivity index (χ3n) is 2.80. The lowest BCUT2D eigenvalue weighted by Gasteiger charge is -2.17. The lowest BCUT2D eigenvalue weighted by molar-refractivity contribution is 0.612. The van der Waals surface area contributed by atoms with E-state index in [4.69, 9.17) is 0 Å². The fraction of sp³-hybridized carbons (Fsp3) is 0.273. The maximum absolute atomic E-state index is 4.38. The summed E-state index contributed by atoms with van der Waals surface area (Å²) in [5.74, 6) is 0. The molecule has 0 fully saturated rings. The molecule has 0 N–H and O–H groups in total. The second-order valence-corrected chi connectivity index (χ2v) is 4.13. The molecule has 2 aromatic heterocycles. The third kappa shape index (κ3) is 0.960. The molecule has 1 aliphatic rings. The van der Waals surface area contributed by atoms with Gasteiger partial charge in [0.15, 0.2) is 0 Å². The first-order valence-corrected chi connectivity index (χ1v) is 4.84. The van der Waals surface area contributed by atoms with Crippen molar-refractivity contribution in [2.24, 2.45) is 0 Å². The Labute approximate surface area is 87.5 Å². The Morgan fingerprint density at radius 2 is 1.13 bits per heavy atom. The maximum Gasteiger partial charge on any atom is 0.113 e. The van der Waals surface area contributed by atoms with Crippen molar-refractivity contribution in [1.29, 1.82) is 0 Å². The first-order chi connectivity index (χ1) is 7.21. The Bertz CT molecular complexity index is 486. The second kappa shape index (κ2) is 2.59. The molecule has 2 heterocycles. The minimum atomic E-state index is -0.187. The van der Waals surface area contributed by atoms with Crippen LogP contribution in [0.5, 0.6) is 0 Å². The molecule has 2 aromatic rings. The molecule has 0 atom stereocenters. The molecule has 0 unspecified atom stereocenters. The van der Waals surface area contributed by atoms with Gasteiger partial charge in [-0.25, -0.2) is 0 Å². The van der Waals surface area contributed by atoms with Crippen LogP contribution in [0.4, 0.5) is 0 Å². The molecule has 1 aliphatic carbocycles. The van der Waals surface area contributed by atoms with Crippen LogP contribution in [-0.2, 0) is 5.41 Å². The summed E-state index contributed by atoms with van der Waals surface area (Å²) >= 11 is 0. The summed E-state index contributed by atoms with van der Waals surface area (Å²) < 4.78 is 0. The monoisotopic (exact) mass is 198 g/mol. The molecule has 0 aromatic carbocycles. The molecule has 4 heteroatoms. The molecule has 0 saturated carbocycles. The summed E-state index contributed by atoms with van der Waals surface area (Å²) in [5, 5.41) is 0. The quantitative estimate of drug-likeness (QED) is 0.644. The van der Waals surface area contributed by atoms with E-state index in [2.05, 4.69) is 33.8 Å². The van der Waals surface area contributed by atoms with Crippen LogP contribution >= 0.6 is 0 Å². The Balaban J connectivity index is 2.42. The number of hydrogen-bond acceptors (Lipinski definition) is 4. The van der Waals surface area contributed by atoms with Gasteiger partial charge in [-0.1, -0.05) is 0 Å². The summed E-state index contributed by atoms with van der Waals surface area (Å²) in [5.41, 5.74) is 3.47. The molecule has 0 radical (unpaired) electrons. The van der Waals surface area contributed by atoms with E-state index < -0.39 is 0 Å². The van der Waals surface area contributed by atoms with Gasteiger partial charge in [0, 0.05) is 24.8 Å². The Hall–Kier alpha value is -1.84. The number of hydrogen-bond donors (Lipinski definition) is 0. The first kappa shape index (κ1) is 8.47. The van der Waals surface area contributed by atoms with Crippen LogP contribution in [0.3, 0.4) is 0 Å². The highest BCUT2D eigenvalue weighted by atomic mass is 14.9. The lowest BCUT2D eigenvalue weighted by Crippen LogP contribution is -2.18. The van der Waals surface area contributed by atoms with Crippen LogP contribution < -0.4 is 0 Å². The summed E-state index contributed by atoms with van der Waals surface area (Å²) in [7, 11) is 0. The van der Waals surface area contributed by atoms with Crippen LogP contribution in [0, 0.1) is 0 Å². The van der Waals surface area contributed by atoms with Gasteiger partial charge in [0.05, 0.1) is 16.8 Å². The number of nitrogens with zero attached hydrogens (tertiary/aromatic N) is 4. The molecule has 3 rings (SSSR count). The van der Waals surface area contributed by atoms with Crippen molar-refractivity contribution in [2.75, 3.05) is 0 Å². The van der Waals surface area contributed by atoms with Crippen LogP contribution in [0.15, 0.2) is 24.8 Å². The van der Waals surface area contributed by atoms with Gasteiger partial charge in [-0.15, -0.1) is 0 Å². The van der Waals surface area contributed by atoms with Crippen molar-refractivity contribution < 1.29 is 0 Å². The minimum absolute atomic E-state index is 0.187. The van der Waals surface area contributed by atoms with E-state index in [0.29, 0.717) is 0 Å². The highest BCUT2D eigenvalue weighted by molar-refractivity contribution is 5.70. The molecule has 0 amide bonds. The summed E-state index contributed by atoms with van der Waals surface area (Å²) in [4.78, 5) is 17.4. The molecule has 74 valence electrons. The van der Waals surface area contributed by atoms with Gasteiger partial charge in [0.25, 0.3) is 0 Å². The van der Waals surface area contributed by atoms with E-state index in [0.717, 1.165) is 22.8 Å². The van der Waals surface area contributed by atoms with Gasteiger partial charge >= 0.3 is 0 Å². The zero-order valence-corrected chi connectivity index (χ0v) is 8.60. The predicted molar refractivity (Wildman–Crippen MR) is 55.2 cm³/mol. The molecule has 0 aliphatic heterocycles. The van der Waals surface area contributed by atoms with Crippen LogP contribution in [0.2, 0.25) is 0 Å². The molecule has 0 bridgehead atoms. The SMILES string of the molecule is CC1(C)c2nccnc2-c2nccnc21. The molecule has 4 nitrogen and oxygen atoms in total. The fourth-order valence-electron chi connectivity index (χ4n) is 2.05. The van der Waals surface area contributed by atoms with Gasteiger partial charge in [-0.05, 0) is 13.8 Å². The van der Waals surface area contributed by atoms with E-state index in [-0.39, 0.29) is 5.41 Å². The lowest BCUT2D eigenvalue weighted by atomic mass is 9.90. The molecule has 15 heavy (non-hydrogen) atoms. The van der Waals surface area contributed by atoms with Crippen molar-refractivity contribution in [3.63, 3.8) is 0 Å². The molecule has 0 spiro atoms. The van der Waals surface area contributed by atoms with Crippen molar-refractivity contribution in [2.45, 2.75) is 19.3 Å². The van der Waals surface area contributed by atoms with Gasteiger partial charge < -0.3 is 0 Å². The normalized spacial score (nSPS) is 15.9. The minimum Gasteiger partial charge on any atom is -0.256 e. The van der Waals surface area contributed by atoms with Gasteiger partial charge in [0.1, 0.15) is 11.4 Å². The highest BCUT2D eigenvalue weighted by Gasteiger charge is 2.40.